The molecule has 0 radical (unpaired) electrons. The molecule has 0 fully saturated rings. The van der Waals surface area contributed by atoms with Gasteiger partial charge in [-0.05, 0) is 56.5 Å². The highest BCUT2D eigenvalue weighted by Crippen LogP contribution is 2.27. The monoisotopic (exact) mass is 427 g/mol. The molecular formula is C21H22BrN3S. The van der Waals surface area contributed by atoms with Crippen LogP contribution in [-0.2, 0) is 0 Å². The molecule has 0 aliphatic heterocycles. The van der Waals surface area contributed by atoms with E-state index >= 15 is 0 Å². The molecule has 0 saturated carbocycles. The van der Waals surface area contributed by atoms with Crippen LogP contribution in [0, 0.1) is 20.8 Å². The summed E-state index contributed by atoms with van der Waals surface area (Å²) in [4.78, 5) is 5.52. The van der Waals surface area contributed by atoms with E-state index in [-0.39, 0.29) is 0 Å². The molecule has 0 unspecified atom stereocenters. The van der Waals surface area contributed by atoms with E-state index in [2.05, 4.69) is 59.2 Å². The number of rotatable bonds is 4. The molecule has 3 aromatic rings. The summed E-state index contributed by atoms with van der Waals surface area (Å²) in [7, 11) is 0. The molecule has 0 bridgehead atoms. The Bertz CT molecular complexity index is 1030. The molecule has 134 valence electrons. The SMILES string of the molecule is CCN=c1scc(-c2cc(C)c(C)cc2C)n1N=Cc1ccccc1Br. The minimum absolute atomic E-state index is 0.733. The number of hydrogen-bond acceptors (Lipinski definition) is 3. The van der Waals surface area contributed by atoms with Gasteiger partial charge in [-0.3, -0.25) is 4.99 Å². The van der Waals surface area contributed by atoms with E-state index in [1.165, 1.54) is 22.3 Å². The third-order valence-corrected chi connectivity index (χ3v) is 5.89. The van der Waals surface area contributed by atoms with E-state index in [0.29, 0.717) is 0 Å². The second kappa shape index (κ2) is 8.14. The zero-order valence-electron chi connectivity index (χ0n) is 15.5. The Kier molecular flexibility index (Phi) is 5.89. The smallest absolute Gasteiger partial charge is 0.206 e. The molecule has 0 N–H and O–H groups in total. The Morgan fingerprint density at radius 2 is 1.81 bits per heavy atom. The summed E-state index contributed by atoms with van der Waals surface area (Å²) < 4.78 is 2.97. The van der Waals surface area contributed by atoms with Gasteiger partial charge >= 0.3 is 0 Å². The van der Waals surface area contributed by atoms with Crippen LogP contribution >= 0.6 is 27.3 Å². The minimum Gasteiger partial charge on any atom is -0.258 e. The molecule has 0 aliphatic carbocycles. The Hall–Kier alpha value is -1.98. The van der Waals surface area contributed by atoms with Crippen LogP contribution in [0.4, 0.5) is 0 Å². The number of thiazole rings is 1. The van der Waals surface area contributed by atoms with Crippen molar-refractivity contribution in [1.82, 2.24) is 4.68 Å². The van der Waals surface area contributed by atoms with E-state index < -0.39 is 0 Å². The van der Waals surface area contributed by atoms with Crippen molar-refractivity contribution in [2.24, 2.45) is 10.1 Å². The molecule has 0 atom stereocenters. The summed E-state index contributed by atoms with van der Waals surface area (Å²) >= 11 is 5.21. The van der Waals surface area contributed by atoms with Crippen LogP contribution in [0.3, 0.4) is 0 Å². The van der Waals surface area contributed by atoms with Gasteiger partial charge in [-0.2, -0.15) is 5.10 Å². The third-order valence-electron chi connectivity index (χ3n) is 4.31. The molecule has 0 aliphatic rings. The molecule has 1 heterocycles. The largest absolute Gasteiger partial charge is 0.258 e. The van der Waals surface area contributed by atoms with Crippen molar-refractivity contribution in [2.45, 2.75) is 27.7 Å². The molecule has 0 saturated heterocycles. The summed E-state index contributed by atoms with van der Waals surface area (Å²) in [5.74, 6) is 0. The fourth-order valence-electron chi connectivity index (χ4n) is 2.78. The fourth-order valence-corrected chi connectivity index (χ4v) is 4.06. The summed E-state index contributed by atoms with van der Waals surface area (Å²) in [5, 5.41) is 6.91. The van der Waals surface area contributed by atoms with Gasteiger partial charge in [0.1, 0.15) is 0 Å². The lowest BCUT2D eigenvalue weighted by Gasteiger charge is -2.10. The highest BCUT2D eigenvalue weighted by Gasteiger charge is 2.11. The number of hydrogen-bond donors (Lipinski definition) is 0. The van der Waals surface area contributed by atoms with Crippen LogP contribution in [-0.4, -0.2) is 17.4 Å². The van der Waals surface area contributed by atoms with E-state index in [9.17, 15) is 0 Å². The lowest BCUT2D eigenvalue weighted by molar-refractivity contribution is 0.832. The highest BCUT2D eigenvalue weighted by molar-refractivity contribution is 9.10. The number of nitrogens with zero attached hydrogens (tertiary/aromatic N) is 3. The first-order chi connectivity index (χ1) is 12.5. The fraction of sp³-hybridized carbons (Fsp3) is 0.238. The molecule has 5 heteroatoms. The lowest BCUT2D eigenvalue weighted by Crippen LogP contribution is -2.12. The average molecular weight is 428 g/mol. The number of benzene rings is 2. The van der Waals surface area contributed by atoms with Crippen LogP contribution in [0.1, 0.15) is 29.2 Å². The van der Waals surface area contributed by atoms with Crippen LogP contribution in [0.15, 0.2) is 56.3 Å². The molecule has 0 amide bonds. The van der Waals surface area contributed by atoms with Crippen molar-refractivity contribution in [3.8, 4) is 11.3 Å². The van der Waals surface area contributed by atoms with Crippen molar-refractivity contribution in [1.29, 1.82) is 0 Å². The summed E-state index contributed by atoms with van der Waals surface area (Å²) in [6.07, 6.45) is 1.88. The van der Waals surface area contributed by atoms with Gasteiger partial charge in [-0.25, -0.2) is 4.68 Å². The van der Waals surface area contributed by atoms with Gasteiger partial charge in [-0.15, -0.1) is 11.3 Å². The summed E-state index contributed by atoms with van der Waals surface area (Å²) in [6, 6.07) is 12.5. The zero-order chi connectivity index (χ0) is 18.7. The maximum absolute atomic E-state index is 4.76. The molecule has 3 rings (SSSR count). The molecule has 2 aromatic carbocycles. The maximum Gasteiger partial charge on any atom is 0.206 e. The molecule has 3 nitrogen and oxygen atoms in total. The van der Waals surface area contributed by atoms with Gasteiger partial charge in [0.25, 0.3) is 0 Å². The van der Waals surface area contributed by atoms with Crippen LogP contribution in [0.2, 0.25) is 0 Å². The zero-order valence-corrected chi connectivity index (χ0v) is 17.9. The first-order valence-electron chi connectivity index (χ1n) is 8.59. The minimum atomic E-state index is 0.733. The molecule has 0 spiro atoms. The van der Waals surface area contributed by atoms with Crippen molar-refractivity contribution in [3.63, 3.8) is 0 Å². The van der Waals surface area contributed by atoms with Gasteiger partial charge in [-0.1, -0.05) is 40.2 Å². The molecule has 26 heavy (non-hydrogen) atoms. The van der Waals surface area contributed by atoms with Crippen LogP contribution in [0.5, 0.6) is 0 Å². The van der Waals surface area contributed by atoms with Crippen LogP contribution in [0.25, 0.3) is 11.3 Å². The van der Waals surface area contributed by atoms with Gasteiger partial charge in [0.2, 0.25) is 4.80 Å². The van der Waals surface area contributed by atoms with E-state index in [1.807, 2.05) is 42.1 Å². The highest BCUT2D eigenvalue weighted by atomic mass is 79.9. The second-order valence-electron chi connectivity index (χ2n) is 6.21. The summed E-state index contributed by atoms with van der Waals surface area (Å²) in [6.45, 7) is 9.23. The van der Waals surface area contributed by atoms with Crippen molar-refractivity contribution < 1.29 is 0 Å². The predicted octanol–water partition coefficient (Wildman–Crippen LogP) is 5.71. The van der Waals surface area contributed by atoms with E-state index in [1.54, 1.807) is 11.3 Å². The lowest BCUT2D eigenvalue weighted by atomic mass is 9.99. The van der Waals surface area contributed by atoms with Crippen LogP contribution < -0.4 is 4.80 Å². The summed E-state index contributed by atoms with van der Waals surface area (Å²) in [5.41, 5.74) is 7.16. The first-order valence-corrected chi connectivity index (χ1v) is 10.3. The Balaban J connectivity index is 2.16. The standard InChI is InChI=1S/C21H22BrN3S/c1-5-23-21-25(24-12-17-8-6-7-9-19(17)22)20(13-26-21)18-11-15(3)14(2)10-16(18)4/h6-13H,5H2,1-4H3. The maximum atomic E-state index is 4.76. The quantitative estimate of drug-likeness (QED) is 0.477. The second-order valence-corrected chi connectivity index (χ2v) is 7.90. The number of halogens is 1. The van der Waals surface area contributed by atoms with Crippen molar-refractivity contribution in [3.05, 3.63) is 73.3 Å². The number of aryl methyl sites for hydroxylation is 3. The first kappa shape index (κ1) is 18.8. The Labute approximate surface area is 166 Å². The van der Waals surface area contributed by atoms with Crippen molar-refractivity contribution in [2.75, 3.05) is 6.54 Å². The van der Waals surface area contributed by atoms with Gasteiger partial charge < -0.3 is 0 Å². The van der Waals surface area contributed by atoms with Gasteiger partial charge in [0, 0.05) is 27.5 Å². The number of aromatic nitrogens is 1. The Morgan fingerprint density at radius 1 is 1.08 bits per heavy atom. The van der Waals surface area contributed by atoms with Crippen molar-refractivity contribution >= 4 is 33.5 Å². The van der Waals surface area contributed by atoms with E-state index in [0.717, 1.165) is 27.1 Å². The van der Waals surface area contributed by atoms with Gasteiger partial charge in [0.15, 0.2) is 0 Å². The predicted molar refractivity (Wildman–Crippen MR) is 115 cm³/mol. The van der Waals surface area contributed by atoms with Gasteiger partial charge in [0.05, 0.1) is 11.9 Å². The van der Waals surface area contributed by atoms with E-state index in [4.69, 9.17) is 5.10 Å². The topological polar surface area (TPSA) is 29.6 Å². The normalized spacial score (nSPS) is 12.3. The Morgan fingerprint density at radius 3 is 2.54 bits per heavy atom. The third kappa shape index (κ3) is 3.89. The molecular weight excluding hydrogens is 406 g/mol. The molecule has 1 aromatic heterocycles. The average Bonchev–Trinajstić information content (AvgIpc) is 3.00.